The summed E-state index contributed by atoms with van der Waals surface area (Å²) in [4.78, 5) is 24.2. The van der Waals surface area contributed by atoms with Crippen LogP contribution in [0.5, 0.6) is 0 Å². The van der Waals surface area contributed by atoms with E-state index >= 15 is 0 Å². The third-order valence-corrected chi connectivity index (χ3v) is 7.18. The van der Waals surface area contributed by atoms with E-state index in [1.807, 2.05) is 17.8 Å². The van der Waals surface area contributed by atoms with E-state index in [1.54, 1.807) is 4.90 Å². The number of nitrogens with one attached hydrogen (secondary N) is 2. The molecular formula is C25H37F3N8O. The molecule has 0 spiro atoms. The third kappa shape index (κ3) is 6.91. The van der Waals surface area contributed by atoms with Crippen LogP contribution in [-0.2, 0) is 11.0 Å². The number of hydrogen-bond donors (Lipinski definition) is 2. The van der Waals surface area contributed by atoms with E-state index in [4.69, 9.17) is 0 Å². The first-order valence-corrected chi connectivity index (χ1v) is 13.1. The highest BCUT2D eigenvalue weighted by atomic mass is 19.4. The Morgan fingerprint density at radius 1 is 1.16 bits per heavy atom. The second-order valence-corrected chi connectivity index (χ2v) is 10.2. The zero-order valence-corrected chi connectivity index (χ0v) is 21.8. The lowest BCUT2D eigenvalue weighted by Crippen LogP contribution is -2.39. The van der Waals surface area contributed by atoms with Crippen LogP contribution in [-0.4, -0.2) is 74.2 Å². The van der Waals surface area contributed by atoms with Crippen LogP contribution >= 0.6 is 0 Å². The Morgan fingerprint density at radius 3 is 2.59 bits per heavy atom. The minimum absolute atomic E-state index is 0.0685. The quantitative estimate of drug-likeness (QED) is 0.465. The van der Waals surface area contributed by atoms with Crippen molar-refractivity contribution in [1.82, 2.24) is 29.5 Å². The molecule has 9 nitrogen and oxygen atoms in total. The van der Waals surface area contributed by atoms with Gasteiger partial charge in [-0.3, -0.25) is 9.48 Å². The number of amides is 1. The van der Waals surface area contributed by atoms with Crippen molar-refractivity contribution in [3.05, 3.63) is 23.7 Å². The van der Waals surface area contributed by atoms with Gasteiger partial charge in [-0.15, -0.1) is 0 Å². The fourth-order valence-corrected chi connectivity index (χ4v) is 4.94. The molecule has 0 aliphatic carbocycles. The predicted octanol–water partition coefficient (Wildman–Crippen LogP) is 4.60. The molecule has 204 valence electrons. The van der Waals surface area contributed by atoms with Crippen molar-refractivity contribution in [3.8, 4) is 0 Å². The summed E-state index contributed by atoms with van der Waals surface area (Å²) in [5.41, 5.74) is 0.479. The second-order valence-electron chi connectivity index (χ2n) is 10.2. The van der Waals surface area contributed by atoms with Gasteiger partial charge in [0.05, 0.1) is 17.4 Å². The minimum Gasteiger partial charge on any atom is -0.369 e. The molecule has 4 heterocycles. The Balaban J connectivity index is 1.41. The monoisotopic (exact) mass is 522 g/mol. The van der Waals surface area contributed by atoms with Gasteiger partial charge < -0.3 is 20.4 Å². The number of anilines is 3. The number of alkyl halides is 3. The van der Waals surface area contributed by atoms with E-state index < -0.39 is 11.7 Å². The molecule has 2 aliphatic rings. The standard InChI is InChI=1S/C25H37F3N8O/c1-17(2)34-13-8-19(9-14-34)36-16-21(18(3)33-36)31-24-30-15-20(25(26,27)28)23(32-24)29-10-6-12-35-11-5-4-7-22(35)37/h15-17,19H,4-14H2,1-3H3,(H2,29,30,31,32). The lowest BCUT2D eigenvalue weighted by atomic mass is 10.0. The fraction of sp³-hybridized carbons (Fsp3) is 0.680. The number of piperidine rings is 2. The zero-order chi connectivity index (χ0) is 26.6. The molecule has 0 atom stereocenters. The number of rotatable bonds is 9. The molecule has 0 bridgehead atoms. The topological polar surface area (TPSA) is 91.2 Å². The Morgan fingerprint density at radius 2 is 1.92 bits per heavy atom. The number of carbonyl (C=O) groups excluding carboxylic acids is 1. The molecule has 0 unspecified atom stereocenters. The first kappa shape index (κ1) is 27.2. The Hall–Kier alpha value is -2.89. The summed E-state index contributed by atoms with van der Waals surface area (Å²) in [5.74, 6) is -0.0998. The first-order valence-electron chi connectivity index (χ1n) is 13.1. The number of likely N-dealkylation sites (tertiary alicyclic amines) is 2. The molecule has 2 fully saturated rings. The van der Waals surface area contributed by atoms with Gasteiger partial charge in [-0.05, 0) is 52.9 Å². The van der Waals surface area contributed by atoms with Crippen LogP contribution in [0.1, 0.15) is 69.7 Å². The van der Waals surface area contributed by atoms with Crippen molar-refractivity contribution in [2.45, 2.75) is 77.6 Å². The fourth-order valence-electron chi connectivity index (χ4n) is 4.94. The number of hydrogen-bond acceptors (Lipinski definition) is 7. The van der Waals surface area contributed by atoms with Gasteiger partial charge in [0.1, 0.15) is 11.4 Å². The lowest BCUT2D eigenvalue weighted by Gasteiger charge is -2.34. The molecular weight excluding hydrogens is 485 g/mol. The molecule has 37 heavy (non-hydrogen) atoms. The Kier molecular flexibility index (Phi) is 8.56. The van der Waals surface area contributed by atoms with Gasteiger partial charge in [-0.2, -0.15) is 23.3 Å². The van der Waals surface area contributed by atoms with Gasteiger partial charge in [0, 0.05) is 57.6 Å². The van der Waals surface area contributed by atoms with Gasteiger partial charge in [0.15, 0.2) is 0 Å². The van der Waals surface area contributed by atoms with Crippen LogP contribution in [0.2, 0.25) is 0 Å². The molecule has 2 aromatic heterocycles. The van der Waals surface area contributed by atoms with Crippen molar-refractivity contribution in [2.24, 2.45) is 0 Å². The molecule has 1 amide bonds. The van der Waals surface area contributed by atoms with E-state index in [2.05, 4.69) is 44.4 Å². The maximum atomic E-state index is 13.6. The van der Waals surface area contributed by atoms with E-state index in [0.29, 0.717) is 37.7 Å². The molecule has 2 aromatic rings. The minimum atomic E-state index is -4.59. The van der Waals surface area contributed by atoms with Crippen molar-refractivity contribution in [1.29, 1.82) is 0 Å². The largest absolute Gasteiger partial charge is 0.421 e. The summed E-state index contributed by atoms with van der Waals surface area (Å²) in [5, 5.41) is 10.5. The van der Waals surface area contributed by atoms with Crippen LogP contribution < -0.4 is 10.6 Å². The van der Waals surface area contributed by atoms with Gasteiger partial charge in [-0.1, -0.05) is 0 Å². The Bertz CT molecular complexity index is 1060. The highest BCUT2D eigenvalue weighted by molar-refractivity contribution is 5.76. The van der Waals surface area contributed by atoms with Crippen molar-refractivity contribution in [2.75, 3.05) is 43.4 Å². The van der Waals surface area contributed by atoms with Crippen LogP contribution in [0.15, 0.2) is 12.4 Å². The van der Waals surface area contributed by atoms with Crippen LogP contribution in [0.25, 0.3) is 0 Å². The molecule has 2 aliphatic heterocycles. The van der Waals surface area contributed by atoms with Crippen LogP contribution in [0.4, 0.5) is 30.6 Å². The average Bonchev–Trinajstić information content (AvgIpc) is 3.22. The van der Waals surface area contributed by atoms with Crippen molar-refractivity contribution in [3.63, 3.8) is 0 Å². The molecule has 0 saturated carbocycles. The van der Waals surface area contributed by atoms with Crippen LogP contribution in [0.3, 0.4) is 0 Å². The van der Waals surface area contributed by atoms with E-state index in [-0.39, 0.29) is 30.3 Å². The molecule has 2 saturated heterocycles. The maximum Gasteiger partial charge on any atom is 0.421 e. The predicted molar refractivity (Wildman–Crippen MR) is 136 cm³/mol. The maximum absolute atomic E-state index is 13.6. The van der Waals surface area contributed by atoms with E-state index in [1.165, 1.54) is 0 Å². The van der Waals surface area contributed by atoms with Gasteiger partial charge in [-0.25, -0.2) is 4.98 Å². The number of aryl methyl sites for hydroxylation is 1. The van der Waals surface area contributed by atoms with Gasteiger partial charge >= 0.3 is 6.18 Å². The number of nitrogens with zero attached hydrogens (tertiary/aromatic N) is 6. The smallest absolute Gasteiger partial charge is 0.369 e. The van der Waals surface area contributed by atoms with E-state index in [9.17, 15) is 18.0 Å². The van der Waals surface area contributed by atoms with Crippen molar-refractivity contribution < 1.29 is 18.0 Å². The lowest BCUT2D eigenvalue weighted by molar-refractivity contribution is -0.137. The second kappa shape index (κ2) is 11.7. The highest BCUT2D eigenvalue weighted by Gasteiger charge is 2.35. The van der Waals surface area contributed by atoms with Gasteiger partial charge in [0.25, 0.3) is 0 Å². The average molecular weight is 523 g/mol. The zero-order valence-electron chi connectivity index (χ0n) is 21.8. The summed E-state index contributed by atoms with van der Waals surface area (Å²) >= 11 is 0. The molecule has 2 N–H and O–H groups in total. The number of carbonyl (C=O) groups is 1. The summed E-state index contributed by atoms with van der Waals surface area (Å²) in [6.07, 6.45) is 3.01. The first-order chi connectivity index (χ1) is 17.6. The summed E-state index contributed by atoms with van der Waals surface area (Å²) in [6, 6.07) is 0.797. The molecule has 0 radical (unpaired) electrons. The number of halogens is 3. The normalized spacial score (nSPS) is 18.0. The SMILES string of the molecule is Cc1nn(C2CCN(C(C)C)CC2)cc1Nc1ncc(C(F)(F)F)c(NCCCN2CCCCC2=O)n1. The third-order valence-electron chi connectivity index (χ3n) is 7.18. The number of aromatic nitrogens is 4. The van der Waals surface area contributed by atoms with Crippen molar-refractivity contribution >= 4 is 23.4 Å². The highest BCUT2D eigenvalue weighted by Crippen LogP contribution is 2.34. The molecule has 4 rings (SSSR count). The van der Waals surface area contributed by atoms with Gasteiger partial charge in [0.2, 0.25) is 11.9 Å². The Labute approximate surface area is 215 Å². The summed E-state index contributed by atoms with van der Waals surface area (Å²) < 4.78 is 42.7. The molecule has 0 aromatic carbocycles. The molecule has 12 heteroatoms. The van der Waals surface area contributed by atoms with E-state index in [0.717, 1.165) is 50.7 Å². The van der Waals surface area contributed by atoms with Crippen LogP contribution in [0, 0.1) is 6.92 Å². The summed E-state index contributed by atoms with van der Waals surface area (Å²) in [7, 11) is 0. The summed E-state index contributed by atoms with van der Waals surface area (Å²) in [6.45, 7) is 9.74.